The first-order valence-electron chi connectivity index (χ1n) is 7.22. The highest BCUT2D eigenvalue weighted by atomic mass is 16.5. The molecule has 1 aromatic carbocycles. The fourth-order valence-corrected chi connectivity index (χ4v) is 2.24. The Bertz CT molecular complexity index is 788. The van der Waals surface area contributed by atoms with E-state index in [0.717, 1.165) is 22.4 Å². The molecule has 0 radical (unpaired) electrons. The second kappa shape index (κ2) is 6.79. The van der Waals surface area contributed by atoms with Crippen LogP contribution in [0.25, 0.3) is 11.1 Å². The summed E-state index contributed by atoms with van der Waals surface area (Å²) in [5.74, 6) is 0.848. The molecule has 116 valence electrons. The van der Waals surface area contributed by atoms with Crippen molar-refractivity contribution in [1.29, 1.82) is 0 Å². The Balaban J connectivity index is 1.74. The molecule has 3 rings (SSSR count). The third kappa shape index (κ3) is 3.77. The van der Waals surface area contributed by atoms with Gasteiger partial charge < -0.3 is 15.2 Å². The highest BCUT2D eigenvalue weighted by molar-refractivity contribution is 5.66. The number of nitrogens with zero attached hydrogens (tertiary/aromatic N) is 2. The van der Waals surface area contributed by atoms with Gasteiger partial charge in [0.25, 0.3) is 0 Å². The number of ether oxygens (including phenoxy) is 1. The summed E-state index contributed by atoms with van der Waals surface area (Å²) >= 11 is 0. The van der Waals surface area contributed by atoms with Gasteiger partial charge in [-0.2, -0.15) is 0 Å². The van der Waals surface area contributed by atoms with Gasteiger partial charge >= 0.3 is 0 Å². The van der Waals surface area contributed by atoms with Gasteiger partial charge in [-0.3, -0.25) is 4.98 Å². The molecule has 0 unspecified atom stereocenters. The first-order chi connectivity index (χ1) is 11.2. The van der Waals surface area contributed by atoms with Gasteiger partial charge in [-0.05, 0) is 29.8 Å². The number of aromatic hydroxyl groups is 1. The Morgan fingerprint density at radius 3 is 2.70 bits per heavy atom. The van der Waals surface area contributed by atoms with Crippen LogP contribution in [-0.4, -0.2) is 22.2 Å². The van der Waals surface area contributed by atoms with Crippen LogP contribution in [0.1, 0.15) is 5.56 Å². The summed E-state index contributed by atoms with van der Waals surface area (Å²) in [6.07, 6.45) is 5.32. The molecular weight excluding hydrogens is 290 g/mol. The Hall–Kier alpha value is -3.08. The monoisotopic (exact) mass is 307 g/mol. The topological polar surface area (TPSA) is 67.3 Å². The van der Waals surface area contributed by atoms with E-state index in [-0.39, 0.29) is 5.75 Å². The first-order valence-corrected chi connectivity index (χ1v) is 7.22. The van der Waals surface area contributed by atoms with Gasteiger partial charge in [0.1, 0.15) is 5.75 Å². The highest BCUT2D eigenvalue weighted by Crippen LogP contribution is 2.22. The second-order valence-corrected chi connectivity index (χ2v) is 5.07. The number of anilines is 1. The number of phenolic OH excluding ortho intramolecular Hbond substituents is 1. The molecule has 3 aromatic rings. The molecule has 0 spiro atoms. The van der Waals surface area contributed by atoms with Crippen molar-refractivity contribution in [3.8, 4) is 22.8 Å². The lowest BCUT2D eigenvalue weighted by atomic mass is 10.1. The van der Waals surface area contributed by atoms with Crippen LogP contribution in [-0.2, 0) is 6.54 Å². The predicted octanol–water partition coefficient (Wildman–Crippen LogP) is 3.47. The minimum Gasteiger partial charge on any atom is -0.508 e. The molecule has 0 saturated carbocycles. The van der Waals surface area contributed by atoms with E-state index in [2.05, 4.69) is 15.3 Å². The van der Waals surface area contributed by atoms with Crippen LogP contribution in [0.4, 0.5) is 5.69 Å². The summed E-state index contributed by atoms with van der Waals surface area (Å²) in [5, 5.41) is 12.8. The van der Waals surface area contributed by atoms with E-state index in [0.29, 0.717) is 12.4 Å². The number of aromatic nitrogens is 2. The SMILES string of the molecule is COc1ccc(-c2cncc(NCc3cccc(O)c3)c2)cn1. The Labute approximate surface area is 134 Å². The molecule has 0 atom stereocenters. The van der Waals surface area contributed by atoms with E-state index in [1.165, 1.54) is 0 Å². The van der Waals surface area contributed by atoms with Crippen LogP contribution in [0.15, 0.2) is 61.1 Å². The summed E-state index contributed by atoms with van der Waals surface area (Å²) in [7, 11) is 1.59. The molecule has 5 heteroatoms. The Kier molecular flexibility index (Phi) is 4.38. The van der Waals surface area contributed by atoms with Gasteiger partial charge in [0, 0.05) is 42.3 Å². The van der Waals surface area contributed by atoms with Gasteiger partial charge in [0.2, 0.25) is 5.88 Å². The standard InChI is InChI=1S/C18H17N3O2/c1-23-18-6-5-14(11-21-18)15-8-16(12-19-10-15)20-9-13-3-2-4-17(22)7-13/h2-8,10-12,20,22H,9H2,1H3. The molecule has 2 heterocycles. The summed E-state index contributed by atoms with van der Waals surface area (Å²) in [6.45, 7) is 0.612. The van der Waals surface area contributed by atoms with Gasteiger partial charge in [-0.1, -0.05) is 12.1 Å². The highest BCUT2D eigenvalue weighted by Gasteiger charge is 2.02. The lowest BCUT2D eigenvalue weighted by Gasteiger charge is -2.09. The van der Waals surface area contributed by atoms with E-state index in [1.54, 1.807) is 37.8 Å². The van der Waals surface area contributed by atoms with Crippen molar-refractivity contribution in [2.75, 3.05) is 12.4 Å². The number of hydrogen-bond acceptors (Lipinski definition) is 5. The van der Waals surface area contributed by atoms with Crippen LogP contribution in [0, 0.1) is 0 Å². The van der Waals surface area contributed by atoms with Crippen molar-refractivity contribution >= 4 is 5.69 Å². The van der Waals surface area contributed by atoms with Gasteiger partial charge in [0.15, 0.2) is 0 Å². The van der Waals surface area contributed by atoms with E-state index in [1.807, 2.05) is 30.3 Å². The van der Waals surface area contributed by atoms with Gasteiger partial charge in [0.05, 0.1) is 12.8 Å². The fraction of sp³-hybridized carbons (Fsp3) is 0.111. The number of hydrogen-bond donors (Lipinski definition) is 2. The van der Waals surface area contributed by atoms with Gasteiger partial charge in [-0.25, -0.2) is 4.98 Å². The van der Waals surface area contributed by atoms with Crippen LogP contribution in [0.2, 0.25) is 0 Å². The molecule has 5 nitrogen and oxygen atoms in total. The smallest absolute Gasteiger partial charge is 0.212 e. The summed E-state index contributed by atoms with van der Waals surface area (Å²) < 4.78 is 5.07. The zero-order chi connectivity index (χ0) is 16.1. The quantitative estimate of drug-likeness (QED) is 0.755. The van der Waals surface area contributed by atoms with Crippen molar-refractivity contribution in [2.24, 2.45) is 0 Å². The first kappa shape index (κ1) is 14.8. The van der Waals surface area contributed by atoms with E-state index >= 15 is 0 Å². The molecule has 0 aliphatic carbocycles. The van der Waals surface area contributed by atoms with Crippen LogP contribution >= 0.6 is 0 Å². The minimum absolute atomic E-state index is 0.264. The molecule has 0 aliphatic rings. The van der Waals surface area contributed by atoms with Crippen molar-refractivity contribution < 1.29 is 9.84 Å². The van der Waals surface area contributed by atoms with E-state index in [9.17, 15) is 5.11 Å². The number of pyridine rings is 2. The normalized spacial score (nSPS) is 10.3. The average molecular weight is 307 g/mol. The largest absolute Gasteiger partial charge is 0.508 e. The molecule has 0 fully saturated rings. The Morgan fingerprint density at radius 1 is 1.04 bits per heavy atom. The number of nitrogens with one attached hydrogen (secondary N) is 1. The molecule has 2 N–H and O–H groups in total. The molecule has 0 bridgehead atoms. The number of benzene rings is 1. The molecule has 0 amide bonds. The lowest BCUT2D eigenvalue weighted by Crippen LogP contribution is -1.99. The van der Waals surface area contributed by atoms with Crippen LogP contribution in [0.5, 0.6) is 11.6 Å². The minimum atomic E-state index is 0.264. The molecule has 0 saturated heterocycles. The van der Waals surface area contributed by atoms with E-state index in [4.69, 9.17) is 4.74 Å². The maximum atomic E-state index is 9.49. The third-order valence-corrected chi connectivity index (χ3v) is 3.42. The predicted molar refractivity (Wildman–Crippen MR) is 89.5 cm³/mol. The number of methoxy groups -OCH3 is 1. The summed E-state index contributed by atoms with van der Waals surface area (Å²) in [5.41, 5.74) is 3.85. The molecule has 23 heavy (non-hydrogen) atoms. The number of phenols is 1. The zero-order valence-electron chi connectivity index (χ0n) is 12.7. The number of rotatable bonds is 5. The van der Waals surface area contributed by atoms with Gasteiger partial charge in [-0.15, -0.1) is 0 Å². The van der Waals surface area contributed by atoms with Crippen LogP contribution < -0.4 is 10.1 Å². The fourth-order valence-electron chi connectivity index (χ4n) is 2.24. The van der Waals surface area contributed by atoms with Crippen molar-refractivity contribution in [2.45, 2.75) is 6.54 Å². The van der Waals surface area contributed by atoms with Crippen LogP contribution in [0.3, 0.4) is 0 Å². The lowest BCUT2D eigenvalue weighted by molar-refractivity contribution is 0.398. The molecular formula is C18H17N3O2. The second-order valence-electron chi connectivity index (χ2n) is 5.07. The molecule has 2 aromatic heterocycles. The van der Waals surface area contributed by atoms with Crippen molar-refractivity contribution in [1.82, 2.24) is 9.97 Å². The van der Waals surface area contributed by atoms with Crippen molar-refractivity contribution in [3.05, 3.63) is 66.6 Å². The van der Waals surface area contributed by atoms with Crippen molar-refractivity contribution in [3.63, 3.8) is 0 Å². The Morgan fingerprint density at radius 2 is 1.96 bits per heavy atom. The summed E-state index contributed by atoms with van der Waals surface area (Å²) in [4.78, 5) is 8.47. The third-order valence-electron chi connectivity index (χ3n) is 3.42. The maximum absolute atomic E-state index is 9.49. The summed E-state index contributed by atoms with van der Waals surface area (Å²) in [6, 6.07) is 12.9. The van der Waals surface area contributed by atoms with E-state index < -0.39 is 0 Å². The molecule has 0 aliphatic heterocycles. The average Bonchev–Trinajstić information content (AvgIpc) is 2.60. The zero-order valence-corrected chi connectivity index (χ0v) is 12.7. The maximum Gasteiger partial charge on any atom is 0.212 e.